The van der Waals surface area contributed by atoms with Crippen molar-refractivity contribution in [2.75, 3.05) is 7.11 Å². The van der Waals surface area contributed by atoms with Crippen LogP contribution < -0.4 is 10.1 Å². The molecule has 3 aromatic rings. The van der Waals surface area contributed by atoms with Gasteiger partial charge < -0.3 is 10.1 Å². The van der Waals surface area contributed by atoms with Crippen LogP contribution in [-0.4, -0.2) is 18.0 Å². The molecule has 0 aliphatic rings. The summed E-state index contributed by atoms with van der Waals surface area (Å²) in [7, 11) is 1.61. The Balaban J connectivity index is 1.65. The van der Waals surface area contributed by atoms with Gasteiger partial charge in [-0.3, -0.25) is 4.79 Å². The first-order valence-corrected chi connectivity index (χ1v) is 9.49. The number of aromatic nitrogens is 1. The molecule has 0 fully saturated rings. The maximum atomic E-state index is 12.2. The molecule has 0 aliphatic heterocycles. The predicted octanol–water partition coefficient (Wildman–Crippen LogP) is 4.98. The van der Waals surface area contributed by atoms with Gasteiger partial charge in [-0.2, -0.15) is 0 Å². The van der Waals surface area contributed by atoms with Crippen LogP contribution in [0.4, 0.5) is 0 Å². The fourth-order valence-electron chi connectivity index (χ4n) is 2.47. The molecule has 0 aliphatic carbocycles. The van der Waals surface area contributed by atoms with E-state index in [-0.39, 0.29) is 12.3 Å². The van der Waals surface area contributed by atoms with Crippen molar-refractivity contribution in [3.63, 3.8) is 0 Å². The average Bonchev–Trinajstić information content (AvgIpc) is 3.08. The van der Waals surface area contributed by atoms with E-state index in [4.69, 9.17) is 27.9 Å². The van der Waals surface area contributed by atoms with Crippen LogP contribution in [0.3, 0.4) is 0 Å². The third-order valence-corrected chi connectivity index (χ3v) is 5.28. The van der Waals surface area contributed by atoms with Gasteiger partial charge in [0.2, 0.25) is 5.91 Å². The molecular weight excluding hydrogens is 391 g/mol. The van der Waals surface area contributed by atoms with E-state index in [0.29, 0.717) is 32.9 Å². The number of ether oxygens (including phenoxy) is 1. The molecule has 0 unspecified atom stereocenters. The lowest BCUT2D eigenvalue weighted by atomic mass is 10.2. The minimum Gasteiger partial charge on any atom is -0.496 e. The summed E-state index contributed by atoms with van der Waals surface area (Å²) < 4.78 is 5.28. The molecule has 1 amide bonds. The number of carbonyl (C=O) groups is 1. The Hall–Kier alpha value is -2.08. The summed E-state index contributed by atoms with van der Waals surface area (Å²) in [6.45, 7) is 0.399. The van der Waals surface area contributed by atoms with Gasteiger partial charge in [-0.1, -0.05) is 47.5 Å². The molecule has 134 valence electrons. The third kappa shape index (κ3) is 4.36. The van der Waals surface area contributed by atoms with Crippen molar-refractivity contribution in [3.05, 3.63) is 69.1 Å². The molecule has 0 atom stereocenters. The third-order valence-electron chi connectivity index (χ3n) is 3.74. The minimum atomic E-state index is -0.113. The molecule has 0 saturated carbocycles. The second-order valence-electron chi connectivity index (χ2n) is 5.51. The predicted molar refractivity (Wildman–Crippen MR) is 106 cm³/mol. The van der Waals surface area contributed by atoms with Crippen molar-refractivity contribution in [2.45, 2.75) is 13.0 Å². The largest absolute Gasteiger partial charge is 0.496 e. The standard InChI is InChI=1S/C19H16Cl2N2O2S/c1-25-16-8-3-2-5-12(16)10-22-17(24)9-13-11-26-19(23-13)18-14(20)6-4-7-15(18)21/h2-8,11H,9-10H2,1H3,(H,22,24). The molecule has 4 nitrogen and oxygen atoms in total. The molecule has 0 spiro atoms. The van der Waals surface area contributed by atoms with E-state index in [1.54, 1.807) is 25.3 Å². The SMILES string of the molecule is COc1ccccc1CNC(=O)Cc1csc(-c2c(Cl)cccc2Cl)n1. The number of hydrogen-bond acceptors (Lipinski definition) is 4. The zero-order valence-electron chi connectivity index (χ0n) is 14.0. The highest BCUT2D eigenvalue weighted by Crippen LogP contribution is 2.36. The van der Waals surface area contributed by atoms with E-state index in [1.165, 1.54) is 11.3 Å². The molecule has 3 rings (SSSR count). The van der Waals surface area contributed by atoms with Crippen molar-refractivity contribution in [1.29, 1.82) is 0 Å². The van der Waals surface area contributed by atoms with Gasteiger partial charge in [0, 0.05) is 23.1 Å². The van der Waals surface area contributed by atoms with Crippen molar-refractivity contribution in [2.24, 2.45) is 0 Å². The fraction of sp³-hybridized carbons (Fsp3) is 0.158. The number of thiazole rings is 1. The number of rotatable bonds is 6. The van der Waals surface area contributed by atoms with E-state index in [1.807, 2.05) is 29.6 Å². The number of nitrogens with zero attached hydrogens (tertiary/aromatic N) is 1. The highest BCUT2D eigenvalue weighted by molar-refractivity contribution is 7.13. The smallest absolute Gasteiger partial charge is 0.226 e. The monoisotopic (exact) mass is 406 g/mol. The Morgan fingerprint density at radius 2 is 1.88 bits per heavy atom. The van der Waals surface area contributed by atoms with Crippen LogP contribution in [0, 0.1) is 0 Å². The van der Waals surface area contributed by atoms with E-state index in [0.717, 1.165) is 11.3 Å². The number of benzene rings is 2. The van der Waals surface area contributed by atoms with Gasteiger partial charge in [0.1, 0.15) is 10.8 Å². The summed E-state index contributed by atoms with van der Waals surface area (Å²) >= 11 is 13.8. The van der Waals surface area contributed by atoms with Crippen molar-refractivity contribution >= 4 is 40.4 Å². The van der Waals surface area contributed by atoms with E-state index in [2.05, 4.69) is 10.3 Å². The number of halogens is 2. The highest BCUT2D eigenvalue weighted by atomic mass is 35.5. The lowest BCUT2D eigenvalue weighted by Gasteiger charge is -2.09. The molecular formula is C19H16Cl2N2O2S. The van der Waals surface area contributed by atoms with Gasteiger partial charge in [0.05, 0.1) is 29.3 Å². The Bertz CT molecular complexity index is 907. The fourth-order valence-corrected chi connectivity index (χ4v) is 4.05. The molecule has 1 N–H and O–H groups in total. The summed E-state index contributed by atoms with van der Waals surface area (Å²) in [5.41, 5.74) is 2.30. The lowest BCUT2D eigenvalue weighted by molar-refractivity contribution is -0.120. The summed E-state index contributed by atoms with van der Waals surface area (Å²) in [5.74, 6) is 0.634. The summed E-state index contributed by atoms with van der Waals surface area (Å²) in [6, 6.07) is 12.9. The Morgan fingerprint density at radius 1 is 1.15 bits per heavy atom. The van der Waals surface area contributed by atoms with E-state index < -0.39 is 0 Å². The Kier molecular flexibility index (Phi) is 6.14. The summed E-state index contributed by atoms with van der Waals surface area (Å²) in [6.07, 6.45) is 0.188. The van der Waals surface area contributed by atoms with Gasteiger partial charge in [0.25, 0.3) is 0 Å². The molecule has 1 heterocycles. The molecule has 7 heteroatoms. The van der Waals surface area contributed by atoms with Crippen LogP contribution >= 0.6 is 34.5 Å². The van der Waals surface area contributed by atoms with Crippen LogP contribution in [-0.2, 0) is 17.8 Å². The zero-order valence-corrected chi connectivity index (χ0v) is 16.3. The molecule has 1 aromatic heterocycles. The zero-order chi connectivity index (χ0) is 18.5. The normalized spacial score (nSPS) is 10.6. The molecule has 26 heavy (non-hydrogen) atoms. The number of methoxy groups -OCH3 is 1. The van der Waals surface area contributed by atoms with Crippen LogP contribution in [0.5, 0.6) is 5.75 Å². The number of nitrogens with one attached hydrogen (secondary N) is 1. The van der Waals surface area contributed by atoms with Crippen molar-refractivity contribution < 1.29 is 9.53 Å². The van der Waals surface area contributed by atoms with Gasteiger partial charge in [-0.25, -0.2) is 4.98 Å². The Labute approximate surface area is 165 Å². The first-order valence-electron chi connectivity index (χ1n) is 7.86. The Morgan fingerprint density at radius 3 is 2.62 bits per heavy atom. The maximum absolute atomic E-state index is 12.2. The maximum Gasteiger partial charge on any atom is 0.226 e. The van der Waals surface area contributed by atoms with Gasteiger partial charge in [0.15, 0.2) is 0 Å². The van der Waals surface area contributed by atoms with Crippen LogP contribution in [0.1, 0.15) is 11.3 Å². The molecule has 2 aromatic carbocycles. The van der Waals surface area contributed by atoms with E-state index >= 15 is 0 Å². The first-order chi connectivity index (χ1) is 12.6. The second kappa shape index (κ2) is 8.54. The first kappa shape index (κ1) is 18.7. The van der Waals surface area contributed by atoms with Crippen LogP contribution in [0.25, 0.3) is 10.6 Å². The summed E-state index contributed by atoms with van der Waals surface area (Å²) in [4.78, 5) is 16.7. The van der Waals surface area contributed by atoms with Crippen LogP contribution in [0.15, 0.2) is 47.8 Å². The van der Waals surface area contributed by atoms with Gasteiger partial charge >= 0.3 is 0 Å². The minimum absolute atomic E-state index is 0.113. The quantitative estimate of drug-likeness (QED) is 0.627. The topological polar surface area (TPSA) is 51.2 Å². The van der Waals surface area contributed by atoms with Crippen LogP contribution in [0.2, 0.25) is 10.0 Å². The highest BCUT2D eigenvalue weighted by Gasteiger charge is 2.14. The van der Waals surface area contributed by atoms with Gasteiger partial charge in [-0.05, 0) is 18.2 Å². The molecule has 0 bridgehead atoms. The number of amides is 1. The van der Waals surface area contributed by atoms with Crippen molar-refractivity contribution in [3.8, 4) is 16.3 Å². The molecule has 0 radical (unpaired) electrons. The summed E-state index contributed by atoms with van der Waals surface area (Å²) in [5, 5.41) is 6.52. The van der Waals surface area contributed by atoms with Gasteiger partial charge in [-0.15, -0.1) is 11.3 Å². The number of carbonyl (C=O) groups excluding carboxylic acids is 1. The van der Waals surface area contributed by atoms with E-state index in [9.17, 15) is 4.79 Å². The average molecular weight is 407 g/mol. The molecule has 0 saturated heterocycles. The number of para-hydroxylation sites is 1. The lowest BCUT2D eigenvalue weighted by Crippen LogP contribution is -2.24. The number of hydrogen-bond donors (Lipinski definition) is 1. The second-order valence-corrected chi connectivity index (χ2v) is 7.18. The van der Waals surface area contributed by atoms with Crippen molar-refractivity contribution in [1.82, 2.24) is 10.3 Å².